The fourth-order valence-corrected chi connectivity index (χ4v) is 3.43. The van der Waals surface area contributed by atoms with E-state index in [9.17, 15) is 4.79 Å². The highest BCUT2D eigenvalue weighted by Gasteiger charge is 2.26. The molecule has 23 heavy (non-hydrogen) atoms. The van der Waals surface area contributed by atoms with Gasteiger partial charge in [-0.2, -0.15) is 5.10 Å². The Balaban J connectivity index is 1.69. The van der Waals surface area contributed by atoms with Crippen LogP contribution in [0.5, 0.6) is 0 Å². The van der Waals surface area contributed by atoms with Crippen molar-refractivity contribution in [2.75, 3.05) is 40.3 Å². The maximum atomic E-state index is 12.2. The van der Waals surface area contributed by atoms with Crippen LogP contribution in [0.15, 0.2) is 0 Å². The molecule has 6 heteroatoms. The van der Waals surface area contributed by atoms with Gasteiger partial charge in [-0.1, -0.05) is 0 Å². The summed E-state index contributed by atoms with van der Waals surface area (Å²) in [5.41, 5.74) is 3.64. The Kier molecular flexibility index (Phi) is 6.04. The molecule has 130 valence electrons. The molecule has 0 aliphatic carbocycles. The van der Waals surface area contributed by atoms with E-state index in [2.05, 4.69) is 43.3 Å². The summed E-state index contributed by atoms with van der Waals surface area (Å²) < 4.78 is 1.93. The molecule has 0 bridgehead atoms. The average molecular weight is 321 g/mol. The zero-order valence-electron chi connectivity index (χ0n) is 15.2. The monoisotopic (exact) mass is 321 g/mol. The van der Waals surface area contributed by atoms with Gasteiger partial charge in [0.05, 0.1) is 5.69 Å². The molecular formula is C17H31N5O. The van der Waals surface area contributed by atoms with Gasteiger partial charge in [0, 0.05) is 38.9 Å². The fourth-order valence-electron chi connectivity index (χ4n) is 3.43. The van der Waals surface area contributed by atoms with Crippen molar-refractivity contribution in [2.45, 2.75) is 33.1 Å². The normalized spacial score (nSPS) is 18.0. The maximum Gasteiger partial charge on any atom is 0.317 e. The predicted octanol–water partition coefficient (Wildman–Crippen LogP) is 1.56. The zero-order chi connectivity index (χ0) is 17.0. The molecule has 1 aromatic heterocycles. The summed E-state index contributed by atoms with van der Waals surface area (Å²) in [6, 6.07) is 0.0888. The minimum Gasteiger partial charge on any atom is -0.338 e. The van der Waals surface area contributed by atoms with Gasteiger partial charge in [-0.15, -0.1) is 0 Å². The summed E-state index contributed by atoms with van der Waals surface area (Å²) in [6.45, 7) is 7.69. The fraction of sp³-hybridized carbons (Fsp3) is 0.765. The number of likely N-dealkylation sites (tertiary alicyclic amines) is 1. The summed E-state index contributed by atoms with van der Waals surface area (Å²) >= 11 is 0. The molecule has 1 saturated heterocycles. The Morgan fingerprint density at radius 2 is 2.13 bits per heavy atom. The molecule has 2 amide bonds. The van der Waals surface area contributed by atoms with Crippen molar-refractivity contribution in [3.8, 4) is 0 Å². The van der Waals surface area contributed by atoms with Crippen LogP contribution >= 0.6 is 0 Å². The van der Waals surface area contributed by atoms with Crippen molar-refractivity contribution >= 4 is 6.03 Å². The molecule has 1 aliphatic rings. The summed E-state index contributed by atoms with van der Waals surface area (Å²) in [6.07, 6.45) is 3.03. The second-order valence-corrected chi connectivity index (χ2v) is 6.97. The smallest absolute Gasteiger partial charge is 0.317 e. The minimum absolute atomic E-state index is 0.0888. The number of aromatic nitrogens is 2. The number of rotatable bonds is 6. The summed E-state index contributed by atoms with van der Waals surface area (Å²) in [4.78, 5) is 16.4. The summed E-state index contributed by atoms with van der Waals surface area (Å²) in [5.74, 6) is 0.608. The van der Waals surface area contributed by atoms with Gasteiger partial charge in [0.15, 0.2) is 0 Å². The lowest BCUT2D eigenvalue weighted by Crippen LogP contribution is -2.39. The van der Waals surface area contributed by atoms with Gasteiger partial charge in [0.1, 0.15) is 0 Å². The molecule has 0 unspecified atom stereocenters. The van der Waals surface area contributed by atoms with Crippen molar-refractivity contribution in [3.05, 3.63) is 17.0 Å². The first-order valence-corrected chi connectivity index (χ1v) is 8.55. The van der Waals surface area contributed by atoms with Crippen molar-refractivity contribution in [1.82, 2.24) is 24.9 Å². The molecule has 1 aromatic rings. The van der Waals surface area contributed by atoms with E-state index in [1.165, 1.54) is 11.3 Å². The third-order valence-electron chi connectivity index (χ3n) is 4.74. The Bertz CT molecular complexity index is 537. The molecule has 2 rings (SSSR count). The van der Waals surface area contributed by atoms with E-state index >= 15 is 0 Å². The van der Waals surface area contributed by atoms with Crippen LogP contribution < -0.4 is 5.32 Å². The molecule has 1 atom stereocenters. The van der Waals surface area contributed by atoms with E-state index in [4.69, 9.17) is 0 Å². The Hall–Kier alpha value is -1.56. The van der Waals surface area contributed by atoms with Gasteiger partial charge in [-0.3, -0.25) is 4.68 Å². The van der Waals surface area contributed by atoms with E-state index in [0.29, 0.717) is 5.92 Å². The Labute approximate surface area is 139 Å². The molecule has 1 fully saturated rings. The second kappa shape index (κ2) is 7.81. The highest BCUT2D eigenvalue weighted by molar-refractivity contribution is 5.74. The number of urea groups is 1. The van der Waals surface area contributed by atoms with Crippen LogP contribution in [0.3, 0.4) is 0 Å². The highest BCUT2D eigenvalue weighted by atomic mass is 16.2. The number of carbonyl (C=O) groups excluding carboxylic acids is 1. The third-order valence-corrected chi connectivity index (χ3v) is 4.74. The first-order chi connectivity index (χ1) is 10.9. The van der Waals surface area contributed by atoms with Gasteiger partial charge in [0.2, 0.25) is 0 Å². The molecular weight excluding hydrogens is 290 g/mol. The quantitative estimate of drug-likeness (QED) is 0.809. The van der Waals surface area contributed by atoms with Gasteiger partial charge in [-0.25, -0.2) is 4.79 Å². The first kappa shape index (κ1) is 17.8. The number of hydrogen-bond donors (Lipinski definition) is 1. The van der Waals surface area contributed by atoms with E-state index < -0.39 is 0 Å². The van der Waals surface area contributed by atoms with E-state index in [1.54, 1.807) is 0 Å². The molecule has 0 saturated carbocycles. The van der Waals surface area contributed by atoms with Crippen LogP contribution in [0.2, 0.25) is 0 Å². The topological polar surface area (TPSA) is 53.4 Å². The number of hydrogen-bond acceptors (Lipinski definition) is 3. The van der Waals surface area contributed by atoms with Crippen LogP contribution in [0.4, 0.5) is 4.79 Å². The molecule has 1 aliphatic heterocycles. The summed E-state index contributed by atoms with van der Waals surface area (Å²) in [7, 11) is 6.15. The van der Waals surface area contributed by atoms with Crippen molar-refractivity contribution < 1.29 is 4.79 Å². The van der Waals surface area contributed by atoms with Crippen LogP contribution in [0, 0.1) is 19.8 Å². The van der Waals surface area contributed by atoms with Gasteiger partial charge in [-0.05, 0) is 58.7 Å². The van der Waals surface area contributed by atoms with Crippen LogP contribution in [0.1, 0.15) is 29.8 Å². The van der Waals surface area contributed by atoms with Crippen molar-refractivity contribution in [2.24, 2.45) is 13.0 Å². The second-order valence-electron chi connectivity index (χ2n) is 6.97. The van der Waals surface area contributed by atoms with E-state index in [0.717, 1.165) is 51.1 Å². The standard InChI is InChI=1S/C17H31N5O/c1-13-16(14(2)21(5)19-13)7-6-9-18-17(23)22-10-8-15(12-22)11-20(3)4/h15H,6-12H2,1-5H3,(H,18,23)/t15-/m0/s1. The number of nitrogens with one attached hydrogen (secondary N) is 1. The Morgan fingerprint density at radius 3 is 2.74 bits per heavy atom. The van der Waals surface area contributed by atoms with Crippen molar-refractivity contribution in [1.29, 1.82) is 0 Å². The molecule has 1 N–H and O–H groups in total. The minimum atomic E-state index is 0.0888. The average Bonchev–Trinajstić information content (AvgIpc) is 3.02. The van der Waals surface area contributed by atoms with Gasteiger partial charge >= 0.3 is 6.03 Å². The maximum absolute atomic E-state index is 12.2. The largest absolute Gasteiger partial charge is 0.338 e. The van der Waals surface area contributed by atoms with E-state index in [1.807, 2.05) is 16.6 Å². The zero-order valence-corrected chi connectivity index (χ0v) is 15.2. The lowest BCUT2D eigenvalue weighted by atomic mass is 10.1. The Morgan fingerprint density at radius 1 is 1.39 bits per heavy atom. The number of amides is 2. The molecule has 0 aromatic carbocycles. The van der Waals surface area contributed by atoms with Crippen molar-refractivity contribution in [3.63, 3.8) is 0 Å². The highest BCUT2D eigenvalue weighted by Crippen LogP contribution is 2.17. The predicted molar refractivity (Wildman–Crippen MR) is 92.6 cm³/mol. The molecule has 2 heterocycles. The van der Waals surface area contributed by atoms with Gasteiger partial charge < -0.3 is 15.1 Å². The molecule has 0 radical (unpaired) electrons. The summed E-state index contributed by atoms with van der Waals surface area (Å²) in [5, 5.41) is 7.50. The number of aryl methyl sites for hydroxylation is 2. The lowest BCUT2D eigenvalue weighted by Gasteiger charge is -2.19. The van der Waals surface area contributed by atoms with Crippen LogP contribution in [-0.2, 0) is 13.5 Å². The van der Waals surface area contributed by atoms with Crippen LogP contribution in [0.25, 0.3) is 0 Å². The van der Waals surface area contributed by atoms with Gasteiger partial charge in [0.25, 0.3) is 0 Å². The lowest BCUT2D eigenvalue weighted by molar-refractivity contribution is 0.205. The molecule has 0 spiro atoms. The number of carbonyl (C=O) groups is 1. The first-order valence-electron chi connectivity index (χ1n) is 8.55. The third kappa shape index (κ3) is 4.70. The SMILES string of the molecule is Cc1nn(C)c(C)c1CCCNC(=O)N1CC[C@@H](CN(C)C)C1. The number of nitrogens with zero attached hydrogens (tertiary/aromatic N) is 4. The molecule has 6 nitrogen and oxygen atoms in total. The van der Waals surface area contributed by atoms with Crippen LogP contribution in [-0.4, -0.2) is 65.9 Å². The van der Waals surface area contributed by atoms with E-state index in [-0.39, 0.29) is 6.03 Å².